The number of pyridine rings is 1. The number of aryl methyl sites for hydroxylation is 1. The zero-order valence-corrected chi connectivity index (χ0v) is 15.0. The van der Waals surface area contributed by atoms with Gasteiger partial charge in [0.2, 0.25) is 0 Å². The van der Waals surface area contributed by atoms with E-state index in [2.05, 4.69) is 4.98 Å². The third-order valence-electron chi connectivity index (χ3n) is 3.70. The van der Waals surface area contributed by atoms with Crippen LogP contribution >= 0.6 is 11.8 Å². The number of ether oxygens (including phenoxy) is 1. The van der Waals surface area contributed by atoms with Crippen LogP contribution in [-0.4, -0.2) is 21.1 Å². The molecule has 26 heavy (non-hydrogen) atoms. The van der Waals surface area contributed by atoms with Crippen molar-refractivity contribution in [2.24, 2.45) is 0 Å². The summed E-state index contributed by atoms with van der Waals surface area (Å²) in [7, 11) is 0. The van der Waals surface area contributed by atoms with Gasteiger partial charge in [-0.2, -0.15) is 0 Å². The van der Waals surface area contributed by atoms with Gasteiger partial charge in [0.25, 0.3) is 5.56 Å². The molecule has 0 N–H and O–H groups in total. The molecule has 0 aliphatic rings. The lowest BCUT2D eigenvalue weighted by Crippen LogP contribution is -2.18. The van der Waals surface area contributed by atoms with Gasteiger partial charge >= 0.3 is 5.97 Å². The van der Waals surface area contributed by atoms with Crippen molar-refractivity contribution in [2.75, 3.05) is 5.75 Å². The molecule has 0 bridgehead atoms. The Kier molecular flexibility index (Phi) is 5.68. The molecule has 0 saturated carbocycles. The van der Waals surface area contributed by atoms with E-state index in [0.29, 0.717) is 17.1 Å². The number of carbonyl (C=O) groups is 1. The monoisotopic (exact) mass is 372 g/mol. The molecule has 0 fully saturated rings. The van der Waals surface area contributed by atoms with E-state index < -0.39 is 0 Å². The second-order valence-electron chi connectivity index (χ2n) is 5.66. The van der Waals surface area contributed by atoms with Gasteiger partial charge in [-0.05, 0) is 43.3 Å². The van der Waals surface area contributed by atoms with E-state index in [1.54, 1.807) is 18.2 Å². The van der Waals surface area contributed by atoms with Crippen LogP contribution in [0.15, 0.2) is 58.2 Å². The maximum Gasteiger partial charge on any atom is 0.307 e. The molecule has 5 nitrogen and oxygen atoms in total. The lowest BCUT2D eigenvalue weighted by Gasteiger charge is -2.07. The molecule has 1 aromatic carbocycles. The standard InChI is InChI=1S/C19H17FN2O3S/c1-13-3-2-4-17-21-15(11-18(23)22(13)17)12-25-19(24)9-10-26-16-7-5-14(20)6-8-16/h2-8,11H,9-10,12H2,1H3. The highest BCUT2D eigenvalue weighted by atomic mass is 32.2. The van der Waals surface area contributed by atoms with Crippen LogP contribution in [-0.2, 0) is 16.1 Å². The third-order valence-corrected chi connectivity index (χ3v) is 4.72. The Labute approximate surface area is 153 Å². The molecule has 0 atom stereocenters. The summed E-state index contributed by atoms with van der Waals surface area (Å²) < 4.78 is 19.5. The molecule has 0 aliphatic carbocycles. The number of hydrogen-bond acceptors (Lipinski definition) is 5. The van der Waals surface area contributed by atoms with E-state index in [-0.39, 0.29) is 30.4 Å². The number of rotatable bonds is 6. The molecule has 2 heterocycles. The number of hydrogen-bond donors (Lipinski definition) is 0. The van der Waals surface area contributed by atoms with Gasteiger partial charge < -0.3 is 4.74 Å². The highest BCUT2D eigenvalue weighted by molar-refractivity contribution is 7.99. The number of nitrogens with zero attached hydrogens (tertiary/aromatic N) is 2. The van der Waals surface area contributed by atoms with Crippen LogP contribution in [0.2, 0.25) is 0 Å². The Bertz CT molecular complexity index is 986. The zero-order chi connectivity index (χ0) is 18.5. The zero-order valence-electron chi connectivity index (χ0n) is 14.1. The van der Waals surface area contributed by atoms with Crippen LogP contribution in [0.25, 0.3) is 5.65 Å². The van der Waals surface area contributed by atoms with Gasteiger partial charge in [-0.1, -0.05) is 6.07 Å². The Morgan fingerprint density at radius 2 is 2.00 bits per heavy atom. The van der Waals surface area contributed by atoms with Gasteiger partial charge in [-0.15, -0.1) is 11.8 Å². The summed E-state index contributed by atoms with van der Waals surface area (Å²) in [5, 5.41) is 0. The molecule has 0 saturated heterocycles. The van der Waals surface area contributed by atoms with E-state index in [1.165, 1.54) is 34.4 Å². The van der Waals surface area contributed by atoms with Crippen molar-refractivity contribution in [1.82, 2.24) is 9.38 Å². The van der Waals surface area contributed by atoms with Crippen LogP contribution in [0, 0.1) is 12.7 Å². The molecule has 3 aromatic rings. The molecule has 0 amide bonds. The van der Waals surface area contributed by atoms with Gasteiger partial charge in [0.05, 0.1) is 12.1 Å². The smallest absolute Gasteiger partial charge is 0.307 e. The molecule has 0 spiro atoms. The first-order valence-corrected chi connectivity index (χ1v) is 9.04. The predicted octanol–water partition coefficient (Wildman–Crippen LogP) is 3.37. The van der Waals surface area contributed by atoms with E-state index in [4.69, 9.17) is 4.74 Å². The molecule has 3 rings (SSSR count). The van der Waals surface area contributed by atoms with Crippen molar-refractivity contribution in [3.63, 3.8) is 0 Å². The quantitative estimate of drug-likeness (QED) is 0.490. The van der Waals surface area contributed by atoms with Crippen molar-refractivity contribution in [3.8, 4) is 0 Å². The van der Waals surface area contributed by atoms with Crippen molar-refractivity contribution < 1.29 is 13.9 Å². The number of thioether (sulfide) groups is 1. The number of benzene rings is 1. The fraction of sp³-hybridized carbons (Fsp3) is 0.211. The van der Waals surface area contributed by atoms with E-state index >= 15 is 0 Å². The van der Waals surface area contributed by atoms with Crippen LogP contribution < -0.4 is 5.56 Å². The van der Waals surface area contributed by atoms with Crippen LogP contribution in [0.1, 0.15) is 17.8 Å². The Morgan fingerprint density at radius 1 is 1.23 bits per heavy atom. The Morgan fingerprint density at radius 3 is 2.77 bits per heavy atom. The molecular formula is C19H17FN2O3S. The number of fused-ring (bicyclic) bond motifs is 1. The van der Waals surface area contributed by atoms with Crippen molar-refractivity contribution in [2.45, 2.75) is 24.8 Å². The summed E-state index contributed by atoms with van der Waals surface area (Å²) in [4.78, 5) is 29.3. The molecular weight excluding hydrogens is 355 g/mol. The Hall–Kier alpha value is -2.67. The molecule has 0 aliphatic heterocycles. The second kappa shape index (κ2) is 8.14. The first-order chi connectivity index (χ1) is 12.5. The average Bonchev–Trinajstić information content (AvgIpc) is 2.61. The minimum Gasteiger partial charge on any atom is -0.459 e. The van der Waals surface area contributed by atoms with Gasteiger partial charge in [-0.3, -0.25) is 14.0 Å². The second-order valence-corrected chi connectivity index (χ2v) is 6.83. The van der Waals surface area contributed by atoms with E-state index in [1.807, 2.05) is 19.1 Å². The van der Waals surface area contributed by atoms with Gasteiger partial charge in [0.1, 0.15) is 18.1 Å². The first kappa shape index (κ1) is 18.1. The van der Waals surface area contributed by atoms with Crippen LogP contribution in [0.4, 0.5) is 4.39 Å². The largest absolute Gasteiger partial charge is 0.459 e. The lowest BCUT2D eigenvalue weighted by molar-refractivity contribution is -0.144. The normalized spacial score (nSPS) is 10.8. The molecule has 0 unspecified atom stereocenters. The van der Waals surface area contributed by atoms with Crippen LogP contribution in [0.5, 0.6) is 0 Å². The minimum atomic E-state index is -0.370. The average molecular weight is 372 g/mol. The summed E-state index contributed by atoms with van der Waals surface area (Å²) in [6.07, 6.45) is 0.216. The third kappa shape index (κ3) is 4.49. The molecule has 7 heteroatoms. The maximum absolute atomic E-state index is 12.8. The minimum absolute atomic E-state index is 0.0419. The SMILES string of the molecule is Cc1cccc2nc(COC(=O)CCSc3ccc(F)cc3)cc(=O)n12. The summed E-state index contributed by atoms with van der Waals surface area (Å²) in [5.41, 5.74) is 1.53. The molecule has 134 valence electrons. The number of halogens is 1. The maximum atomic E-state index is 12.8. The van der Waals surface area contributed by atoms with Crippen molar-refractivity contribution in [3.05, 3.63) is 76.1 Å². The lowest BCUT2D eigenvalue weighted by atomic mass is 10.3. The number of aromatic nitrogens is 2. The molecule has 2 aromatic heterocycles. The summed E-state index contributed by atoms with van der Waals surface area (Å²) in [6.45, 7) is 1.79. The predicted molar refractivity (Wildman–Crippen MR) is 97.7 cm³/mol. The highest BCUT2D eigenvalue weighted by Crippen LogP contribution is 2.19. The summed E-state index contributed by atoms with van der Waals surface area (Å²) >= 11 is 1.45. The van der Waals surface area contributed by atoms with Gasteiger partial charge in [-0.25, -0.2) is 9.37 Å². The van der Waals surface area contributed by atoms with E-state index in [9.17, 15) is 14.0 Å². The summed E-state index contributed by atoms with van der Waals surface area (Å²) in [5.74, 6) is -0.133. The highest BCUT2D eigenvalue weighted by Gasteiger charge is 2.08. The Balaban J connectivity index is 1.53. The first-order valence-electron chi connectivity index (χ1n) is 8.05. The van der Waals surface area contributed by atoms with Gasteiger partial charge in [0, 0.05) is 22.4 Å². The van der Waals surface area contributed by atoms with E-state index in [0.717, 1.165) is 10.6 Å². The van der Waals surface area contributed by atoms with Crippen molar-refractivity contribution >= 4 is 23.4 Å². The summed E-state index contributed by atoms with van der Waals surface area (Å²) in [6, 6.07) is 12.9. The van der Waals surface area contributed by atoms with Gasteiger partial charge in [0.15, 0.2) is 0 Å². The number of esters is 1. The molecule has 0 radical (unpaired) electrons. The van der Waals surface area contributed by atoms with Crippen LogP contribution in [0.3, 0.4) is 0 Å². The topological polar surface area (TPSA) is 60.7 Å². The van der Waals surface area contributed by atoms with Crippen molar-refractivity contribution in [1.29, 1.82) is 0 Å². The number of carbonyl (C=O) groups excluding carboxylic acids is 1. The fourth-order valence-electron chi connectivity index (χ4n) is 2.45. The fourth-order valence-corrected chi connectivity index (χ4v) is 3.28.